The van der Waals surface area contributed by atoms with Crippen LogP contribution in [0, 0.1) is 0 Å². The lowest BCUT2D eigenvalue weighted by atomic mass is 9.81. The number of halogens is 1. The van der Waals surface area contributed by atoms with Gasteiger partial charge in [-0.15, -0.1) is 11.6 Å². The van der Waals surface area contributed by atoms with Crippen molar-refractivity contribution in [3.8, 4) is 5.75 Å². The van der Waals surface area contributed by atoms with Crippen LogP contribution in [-0.4, -0.2) is 31.6 Å². The normalized spacial score (nSPS) is 17.9. The van der Waals surface area contributed by atoms with Crippen LogP contribution in [-0.2, 0) is 14.3 Å². The first-order valence-electron chi connectivity index (χ1n) is 7.71. The van der Waals surface area contributed by atoms with Gasteiger partial charge in [-0.2, -0.15) is 0 Å². The maximum absolute atomic E-state index is 12.5. The van der Waals surface area contributed by atoms with E-state index in [0.29, 0.717) is 24.2 Å². The van der Waals surface area contributed by atoms with E-state index in [1.54, 1.807) is 31.4 Å². The van der Waals surface area contributed by atoms with Gasteiger partial charge in [0, 0.05) is 0 Å². The molecule has 0 spiro atoms. The third-order valence-corrected chi connectivity index (χ3v) is 4.73. The Hall–Kier alpha value is -1.75. The minimum Gasteiger partial charge on any atom is -0.497 e. The lowest BCUT2D eigenvalue weighted by Gasteiger charge is -2.35. The first-order chi connectivity index (χ1) is 11.0. The molecule has 1 N–H and O–H groups in total. The minimum absolute atomic E-state index is 0.385. The summed E-state index contributed by atoms with van der Waals surface area (Å²) in [5.41, 5.74) is -0.301. The van der Waals surface area contributed by atoms with Crippen LogP contribution in [0.15, 0.2) is 24.3 Å². The van der Waals surface area contributed by atoms with Crippen LogP contribution in [0.25, 0.3) is 0 Å². The lowest BCUT2D eigenvalue weighted by molar-refractivity contribution is -0.152. The van der Waals surface area contributed by atoms with Gasteiger partial charge in [-0.05, 0) is 30.5 Å². The second-order valence-electron chi connectivity index (χ2n) is 5.76. The third-order valence-electron chi connectivity index (χ3n) is 4.28. The number of carbonyl (C=O) groups excluding carboxylic acids is 2. The largest absolute Gasteiger partial charge is 0.497 e. The lowest BCUT2D eigenvalue weighted by Crippen LogP contribution is -2.56. The number of ether oxygens (including phenoxy) is 2. The predicted octanol–water partition coefficient (Wildman–Crippen LogP) is 2.97. The molecule has 5 nitrogen and oxygen atoms in total. The molecule has 1 aromatic carbocycles. The Balaban J connectivity index is 2.12. The maximum atomic E-state index is 12.5. The van der Waals surface area contributed by atoms with Crippen molar-refractivity contribution in [2.24, 2.45) is 0 Å². The summed E-state index contributed by atoms with van der Waals surface area (Å²) in [7, 11) is 2.91. The smallest absolute Gasteiger partial charge is 0.331 e. The van der Waals surface area contributed by atoms with Crippen molar-refractivity contribution in [3.05, 3.63) is 29.8 Å². The molecule has 0 saturated heterocycles. The van der Waals surface area contributed by atoms with Crippen LogP contribution in [0.3, 0.4) is 0 Å². The molecule has 1 aromatic rings. The highest BCUT2D eigenvalue weighted by Crippen LogP contribution is 2.31. The SMILES string of the molecule is COC(=O)C1(NC(=O)C(Cl)c2ccc(OC)cc2)CCCCC1. The summed E-state index contributed by atoms with van der Waals surface area (Å²) in [6.07, 6.45) is 3.97. The van der Waals surface area contributed by atoms with E-state index in [4.69, 9.17) is 21.1 Å². The molecule has 0 aromatic heterocycles. The number of hydrogen-bond acceptors (Lipinski definition) is 4. The highest BCUT2D eigenvalue weighted by Gasteiger charge is 2.43. The standard InChI is InChI=1S/C17H22ClNO4/c1-22-13-8-6-12(7-9-13)14(18)15(20)19-17(16(21)23-2)10-4-3-5-11-17/h6-9,14H,3-5,10-11H2,1-2H3,(H,19,20). The van der Waals surface area contributed by atoms with Crippen molar-refractivity contribution in [1.82, 2.24) is 5.32 Å². The topological polar surface area (TPSA) is 64.6 Å². The molecule has 1 saturated carbocycles. The van der Waals surface area contributed by atoms with Gasteiger partial charge >= 0.3 is 5.97 Å². The zero-order chi connectivity index (χ0) is 16.9. The molecule has 1 amide bonds. The number of methoxy groups -OCH3 is 2. The summed E-state index contributed by atoms with van der Waals surface area (Å²) in [6.45, 7) is 0. The fourth-order valence-electron chi connectivity index (χ4n) is 2.95. The zero-order valence-corrected chi connectivity index (χ0v) is 14.2. The predicted molar refractivity (Wildman–Crippen MR) is 87.6 cm³/mol. The van der Waals surface area contributed by atoms with E-state index in [0.717, 1.165) is 19.3 Å². The monoisotopic (exact) mass is 339 g/mol. The number of hydrogen-bond donors (Lipinski definition) is 1. The van der Waals surface area contributed by atoms with Crippen molar-refractivity contribution < 1.29 is 19.1 Å². The van der Waals surface area contributed by atoms with Crippen molar-refractivity contribution >= 4 is 23.5 Å². The quantitative estimate of drug-likeness (QED) is 0.661. The summed E-state index contributed by atoms with van der Waals surface area (Å²) in [5.74, 6) is -0.0929. The van der Waals surface area contributed by atoms with Crippen molar-refractivity contribution in [2.45, 2.75) is 43.0 Å². The number of amides is 1. The molecule has 1 fully saturated rings. The Morgan fingerprint density at radius 2 is 1.74 bits per heavy atom. The van der Waals surface area contributed by atoms with E-state index in [1.807, 2.05) is 0 Å². The highest BCUT2D eigenvalue weighted by molar-refractivity contribution is 6.31. The average molecular weight is 340 g/mol. The summed E-state index contributed by atoms with van der Waals surface area (Å²) >= 11 is 6.28. The summed E-state index contributed by atoms with van der Waals surface area (Å²) in [4.78, 5) is 24.7. The van der Waals surface area contributed by atoms with E-state index in [9.17, 15) is 9.59 Å². The van der Waals surface area contributed by atoms with Crippen LogP contribution in [0.1, 0.15) is 43.0 Å². The molecule has 6 heteroatoms. The molecule has 1 aliphatic carbocycles. The Morgan fingerprint density at radius 1 is 1.13 bits per heavy atom. The van der Waals surface area contributed by atoms with Gasteiger partial charge in [0.25, 0.3) is 0 Å². The second kappa shape index (κ2) is 7.68. The number of alkyl halides is 1. The fourth-order valence-corrected chi connectivity index (χ4v) is 3.15. The number of carbonyl (C=O) groups is 2. The van der Waals surface area contributed by atoms with Crippen LogP contribution < -0.4 is 10.1 Å². The molecular formula is C17H22ClNO4. The first-order valence-corrected chi connectivity index (χ1v) is 8.14. The van der Waals surface area contributed by atoms with Gasteiger partial charge < -0.3 is 14.8 Å². The molecule has 0 bridgehead atoms. The fraction of sp³-hybridized carbons (Fsp3) is 0.529. The highest BCUT2D eigenvalue weighted by atomic mass is 35.5. The first kappa shape index (κ1) is 17.6. The van der Waals surface area contributed by atoms with E-state index >= 15 is 0 Å². The minimum atomic E-state index is -0.955. The summed E-state index contributed by atoms with van der Waals surface area (Å²) in [6, 6.07) is 6.97. The Morgan fingerprint density at radius 3 is 2.26 bits per heavy atom. The van der Waals surface area contributed by atoms with Crippen molar-refractivity contribution in [1.29, 1.82) is 0 Å². The van der Waals surface area contributed by atoms with Gasteiger partial charge in [-0.3, -0.25) is 4.79 Å². The van der Waals surface area contributed by atoms with Gasteiger partial charge in [0.05, 0.1) is 14.2 Å². The third kappa shape index (κ3) is 3.96. The van der Waals surface area contributed by atoms with Gasteiger partial charge in [-0.25, -0.2) is 4.79 Å². The molecule has 1 atom stereocenters. The molecule has 0 heterocycles. The van der Waals surface area contributed by atoms with Crippen molar-refractivity contribution in [3.63, 3.8) is 0 Å². The molecule has 126 valence electrons. The number of esters is 1. The Kier molecular flexibility index (Phi) is 5.88. The van der Waals surface area contributed by atoms with Crippen LogP contribution in [0.4, 0.5) is 0 Å². The average Bonchev–Trinajstić information content (AvgIpc) is 2.61. The number of benzene rings is 1. The molecule has 2 rings (SSSR count). The number of nitrogens with one attached hydrogen (secondary N) is 1. The molecule has 0 aliphatic heterocycles. The maximum Gasteiger partial charge on any atom is 0.331 e. The molecule has 23 heavy (non-hydrogen) atoms. The summed E-state index contributed by atoms with van der Waals surface area (Å²) < 4.78 is 9.98. The van der Waals surface area contributed by atoms with Gasteiger partial charge in [0.1, 0.15) is 16.7 Å². The van der Waals surface area contributed by atoms with Gasteiger partial charge in [0.15, 0.2) is 0 Å². The molecular weight excluding hydrogens is 318 g/mol. The molecule has 1 unspecified atom stereocenters. The van der Waals surface area contributed by atoms with E-state index in [-0.39, 0.29) is 5.91 Å². The van der Waals surface area contributed by atoms with E-state index in [1.165, 1.54) is 7.11 Å². The van der Waals surface area contributed by atoms with Gasteiger partial charge in [0.2, 0.25) is 5.91 Å². The zero-order valence-electron chi connectivity index (χ0n) is 13.4. The summed E-state index contributed by atoms with van der Waals surface area (Å²) in [5, 5.41) is 1.96. The molecule has 0 radical (unpaired) electrons. The number of rotatable bonds is 5. The van der Waals surface area contributed by atoms with Gasteiger partial charge in [-0.1, -0.05) is 31.4 Å². The van der Waals surface area contributed by atoms with Crippen molar-refractivity contribution in [2.75, 3.05) is 14.2 Å². The molecule has 1 aliphatic rings. The Bertz CT molecular complexity index is 552. The van der Waals surface area contributed by atoms with Crippen LogP contribution in [0.5, 0.6) is 5.75 Å². The second-order valence-corrected chi connectivity index (χ2v) is 6.20. The van der Waals surface area contributed by atoms with E-state index in [2.05, 4.69) is 5.32 Å². The van der Waals surface area contributed by atoms with E-state index < -0.39 is 16.9 Å². The Labute approximate surface area is 141 Å². The van der Waals surface area contributed by atoms with Crippen LogP contribution >= 0.6 is 11.6 Å². The van der Waals surface area contributed by atoms with Crippen LogP contribution in [0.2, 0.25) is 0 Å².